The van der Waals surface area contributed by atoms with Gasteiger partial charge in [-0.15, -0.1) is 0 Å². The van der Waals surface area contributed by atoms with Crippen LogP contribution in [0.3, 0.4) is 0 Å². The first-order valence-electron chi connectivity index (χ1n) is 8.03. The lowest BCUT2D eigenvalue weighted by molar-refractivity contribution is -0.384. The number of nitro benzene ring substituents is 1. The molecule has 2 rings (SSSR count). The molecule has 1 heterocycles. The smallest absolute Gasteiger partial charge is 0.413 e. The minimum atomic E-state index is -0.820. The molecule has 0 aliphatic carbocycles. The van der Waals surface area contributed by atoms with Gasteiger partial charge in [0.2, 0.25) is 0 Å². The average molecular weight is 352 g/mol. The van der Waals surface area contributed by atoms with E-state index in [4.69, 9.17) is 14.2 Å². The Kier molecular flexibility index (Phi) is 5.22. The molecule has 1 aromatic carbocycles. The van der Waals surface area contributed by atoms with Crippen molar-refractivity contribution in [1.82, 2.24) is 4.90 Å². The van der Waals surface area contributed by atoms with E-state index in [9.17, 15) is 14.9 Å². The molecular weight excluding hydrogens is 328 g/mol. The fraction of sp³-hybridized carbons (Fsp3) is 0.588. The third kappa shape index (κ3) is 4.82. The molecule has 0 N–H and O–H groups in total. The molecule has 0 spiro atoms. The van der Waals surface area contributed by atoms with E-state index in [2.05, 4.69) is 0 Å². The molecule has 1 aliphatic heterocycles. The standard InChI is InChI=1S/C17H24N2O6/c1-16(2,3)25-15(20)18-13(11-24-17(18,4)5)10-23-14-8-6-7-12(9-14)19(21)22/h6-9,13H,10-11H2,1-5H3/t13-/m0/s1. The molecular formula is C17H24N2O6. The van der Waals surface area contributed by atoms with Gasteiger partial charge < -0.3 is 14.2 Å². The number of benzene rings is 1. The van der Waals surface area contributed by atoms with E-state index in [1.165, 1.54) is 17.0 Å². The number of hydrogen-bond donors (Lipinski definition) is 0. The topological polar surface area (TPSA) is 91.1 Å². The molecule has 0 saturated carbocycles. The van der Waals surface area contributed by atoms with Crippen molar-refractivity contribution in [1.29, 1.82) is 0 Å². The van der Waals surface area contributed by atoms with Crippen molar-refractivity contribution >= 4 is 11.8 Å². The Labute approximate surface area is 146 Å². The van der Waals surface area contributed by atoms with Crippen molar-refractivity contribution in [3.63, 3.8) is 0 Å². The van der Waals surface area contributed by atoms with Crippen LogP contribution in [0, 0.1) is 10.1 Å². The first kappa shape index (κ1) is 19.0. The second-order valence-corrected chi connectivity index (χ2v) is 7.33. The van der Waals surface area contributed by atoms with Gasteiger partial charge >= 0.3 is 6.09 Å². The summed E-state index contributed by atoms with van der Waals surface area (Å²) in [5.41, 5.74) is -1.50. The van der Waals surface area contributed by atoms with Gasteiger partial charge in [0.25, 0.3) is 5.69 Å². The molecule has 1 saturated heterocycles. The highest BCUT2D eigenvalue weighted by Crippen LogP contribution is 2.30. The van der Waals surface area contributed by atoms with Gasteiger partial charge in [-0.1, -0.05) is 6.07 Å². The monoisotopic (exact) mass is 352 g/mol. The maximum Gasteiger partial charge on any atom is 0.413 e. The Hall–Kier alpha value is -2.35. The zero-order chi connectivity index (χ0) is 18.8. The molecule has 25 heavy (non-hydrogen) atoms. The van der Waals surface area contributed by atoms with E-state index < -0.39 is 22.3 Å². The quantitative estimate of drug-likeness (QED) is 0.609. The van der Waals surface area contributed by atoms with Gasteiger partial charge in [-0.2, -0.15) is 0 Å². The lowest BCUT2D eigenvalue weighted by atomic mass is 10.2. The van der Waals surface area contributed by atoms with Crippen LogP contribution < -0.4 is 4.74 Å². The Morgan fingerprint density at radius 3 is 2.72 bits per heavy atom. The number of carbonyl (C=O) groups excluding carboxylic acids is 1. The van der Waals surface area contributed by atoms with Gasteiger partial charge in [0.15, 0.2) is 0 Å². The van der Waals surface area contributed by atoms with Crippen molar-refractivity contribution in [2.45, 2.75) is 52.0 Å². The highest BCUT2D eigenvalue weighted by Gasteiger charge is 2.46. The fourth-order valence-corrected chi connectivity index (χ4v) is 2.57. The second kappa shape index (κ2) is 6.87. The minimum absolute atomic E-state index is 0.0514. The van der Waals surface area contributed by atoms with Gasteiger partial charge in [-0.05, 0) is 40.7 Å². The highest BCUT2D eigenvalue weighted by molar-refractivity contribution is 5.69. The summed E-state index contributed by atoms with van der Waals surface area (Å²) in [7, 11) is 0. The van der Waals surface area contributed by atoms with Crippen LogP contribution in [0.4, 0.5) is 10.5 Å². The van der Waals surface area contributed by atoms with Gasteiger partial charge in [-0.3, -0.25) is 15.0 Å². The van der Waals surface area contributed by atoms with Crippen molar-refractivity contribution in [3.05, 3.63) is 34.4 Å². The summed E-state index contributed by atoms with van der Waals surface area (Å²) >= 11 is 0. The van der Waals surface area contributed by atoms with Crippen molar-refractivity contribution in [2.75, 3.05) is 13.2 Å². The molecule has 1 atom stereocenters. The Bertz CT molecular complexity index is 653. The number of nitrogens with zero attached hydrogens (tertiary/aromatic N) is 2. The van der Waals surface area contributed by atoms with Crippen LogP contribution >= 0.6 is 0 Å². The summed E-state index contributed by atoms with van der Waals surface area (Å²) in [6.07, 6.45) is -0.484. The normalized spacial score (nSPS) is 19.6. The predicted octanol–water partition coefficient (Wildman–Crippen LogP) is 3.35. The maximum atomic E-state index is 12.5. The van der Waals surface area contributed by atoms with Crippen LogP contribution in [0.1, 0.15) is 34.6 Å². The van der Waals surface area contributed by atoms with Gasteiger partial charge in [-0.25, -0.2) is 4.79 Å². The maximum absolute atomic E-state index is 12.5. The summed E-state index contributed by atoms with van der Waals surface area (Å²) < 4.78 is 16.8. The van der Waals surface area contributed by atoms with Crippen LogP contribution in [-0.2, 0) is 9.47 Å². The largest absolute Gasteiger partial charge is 0.491 e. The molecule has 1 aliphatic rings. The van der Waals surface area contributed by atoms with E-state index in [0.717, 1.165) is 0 Å². The van der Waals surface area contributed by atoms with Crippen LogP contribution in [0.2, 0.25) is 0 Å². The molecule has 8 heteroatoms. The molecule has 0 radical (unpaired) electrons. The van der Waals surface area contributed by atoms with Crippen LogP contribution in [0.5, 0.6) is 5.75 Å². The van der Waals surface area contributed by atoms with Gasteiger partial charge in [0.1, 0.15) is 23.7 Å². The number of carbonyl (C=O) groups is 1. The fourth-order valence-electron chi connectivity index (χ4n) is 2.57. The molecule has 0 bridgehead atoms. The van der Waals surface area contributed by atoms with Gasteiger partial charge in [0.05, 0.1) is 23.6 Å². The van der Waals surface area contributed by atoms with E-state index in [0.29, 0.717) is 12.4 Å². The van der Waals surface area contributed by atoms with Gasteiger partial charge in [0, 0.05) is 6.07 Å². The number of rotatable bonds is 4. The Morgan fingerprint density at radius 2 is 2.12 bits per heavy atom. The van der Waals surface area contributed by atoms with E-state index in [-0.39, 0.29) is 18.3 Å². The SMILES string of the molecule is CC(C)(C)OC(=O)N1[C@@H](COc2cccc([N+](=O)[O-])c2)COC1(C)C. The third-order valence-corrected chi connectivity index (χ3v) is 3.64. The van der Waals surface area contributed by atoms with Crippen molar-refractivity contribution < 1.29 is 23.9 Å². The molecule has 1 fully saturated rings. The molecule has 8 nitrogen and oxygen atoms in total. The highest BCUT2D eigenvalue weighted by atomic mass is 16.6. The molecule has 138 valence electrons. The first-order chi connectivity index (χ1) is 11.5. The number of amides is 1. The number of non-ortho nitro benzene ring substituents is 1. The van der Waals surface area contributed by atoms with Crippen molar-refractivity contribution in [2.24, 2.45) is 0 Å². The summed E-state index contributed by atoms with van der Waals surface area (Å²) in [6.45, 7) is 9.38. The zero-order valence-electron chi connectivity index (χ0n) is 15.1. The lowest BCUT2D eigenvalue weighted by Gasteiger charge is -2.34. The van der Waals surface area contributed by atoms with E-state index in [1.807, 2.05) is 0 Å². The summed E-state index contributed by atoms with van der Waals surface area (Å²) in [5, 5.41) is 10.8. The van der Waals surface area contributed by atoms with E-state index >= 15 is 0 Å². The summed E-state index contributed by atoms with van der Waals surface area (Å²) in [6, 6.07) is 5.56. The number of ether oxygens (including phenoxy) is 3. The predicted molar refractivity (Wildman–Crippen MR) is 90.5 cm³/mol. The number of nitro groups is 1. The summed E-state index contributed by atoms with van der Waals surface area (Å²) in [5.74, 6) is 0.364. The van der Waals surface area contributed by atoms with Crippen LogP contribution in [0.15, 0.2) is 24.3 Å². The number of hydrogen-bond acceptors (Lipinski definition) is 6. The van der Waals surface area contributed by atoms with Crippen molar-refractivity contribution in [3.8, 4) is 5.75 Å². The third-order valence-electron chi connectivity index (χ3n) is 3.64. The Morgan fingerprint density at radius 1 is 1.44 bits per heavy atom. The molecule has 1 aromatic rings. The zero-order valence-corrected chi connectivity index (χ0v) is 15.1. The summed E-state index contributed by atoms with van der Waals surface area (Å²) in [4.78, 5) is 24.4. The second-order valence-electron chi connectivity index (χ2n) is 7.33. The lowest BCUT2D eigenvalue weighted by Crippen LogP contribution is -2.51. The molecule has 1 amide bonds. The van der Waals surface area contributed by atoms with E-state index in [1.54, 1.807) is 46.8 Å². The molecule has 0 aromatic heterocycles. The molecule has 0 unspecified atom stereocenters. The van der Waals surface area contributed by atoms with Crippen LogP contribution in [0.25, 0.3) is 0 Å². The van der Waals surface area contributed by atoms with Crippen LogP contribution in [-0.4, -0.2) is 46.5 Å². The minimum Gasteiger partial charge on any atom is -0.491 e. The average Bonchev–Trinajstić information content (AvgIpc) is 2.78. The Balaban J connectivity index is 2.08. The first-order valence-corrected chi connectivity index (χ1v) is 8.03.